The van der Waals surface area contributed by atoms with Crippen LogP contribution in [0.2, 0.25) is 0 Å². The highest BCUT2D eigenvalue weighted by Crippen LogP contribution is 2.45. The van der Waals surface area contributed by atoms with Crippen molar-refractivity contribution in [1.82, 2.24) is 0 Å². The Kier molecular flexibility index (Phi) is 5.27. The summed E-state index contributed by atoms with van der Waals surface area (Å²) in [7, 11) is 5.02. The zero-order chi connectivity index (χ0) is 17.8. The molecule has 25 heavy (non-hydrogen) atoms. The molecular formula is C21H25NO3. The number of amides is 1. The zero-order valence-electron chi connectivity index (χ0n) is 15.1. The van der Waals surface area contributed by atoms with E-state index in [1.54, 1.807) is 19.1 Å². The van der Waals surface area contributed by atoms with Gasteiger partial charge in [-0.2, -0.15) is 0 Å². The minimum absolute atomic E-state index is 0.118. The molecule has 1 fully saturated rings. The van der Waals surface area contributed by atoms with E-state index >= 15 is 0 Å². The van der Waals surface area contributed by atoms with Crippen LogP contribution < -0.4 is 14.4 Å². The summed E-state index contributed by atoms with van der Waals surface area (Å²) >= 11 is 0. The van der Waals surface area contributed by atoms with Crippen LogP contribution in [0.3, 0.4) is 0 Å². The molecule has 0 bridgehead atoms. The lowest BCUT2D eigenvalue weighted by Gasteiger charge is -2.23. The van der Waals surface area contributed by atoms with E-state index in [1.165, 1.54) is 18.4 Å². The van der Waals surface area contributed by atoms with Gasteiger partial charge >= 0.3 is 0 Å². The number of hydrogen-bond donors (Lipinski definition) is 0. The van der Waals surface area contributed by atoms with Gasteiger partial charge in [0.05, 0.1) is 14.2 Å². The maximum absolute atomic E-state index is 12.9. The predicted molar refractivity (Wildman–Crippen MR) is 99.5 cm³/mol. The number of hydrogen-bond acceptors (Lipinski definition) is 3. The highest BCUT2D eigenvalue weighted by molar-refractivity contribution is 5.93. The van der Waals surface area contributed by atoms with E-state index in [9.17, 15) is 4.79 Å². The molecule has 2 aromatic carbocycles. The summed E-state index contributed by atoms with van der Waals surface area (Å²) in [4.78, 5) is 14.6. The largest absolute Gasteiger partial charge is 0.493 e. The van der Waals surface area contributed by atoms with E-state index in [1.807, 2.05) is 43.4 Å². The van der Waals surface area contributed by atoms with Crippen molar-refractivity contribution < 1.29 is 14.3 Å². The molecule has 1 amide bonds. The Hall–Kier alpha value is -2.49. The van der Waals surface area contributed by atoms with Crippen molar-refractivity contribution in [3.05, 3.63) is 54.1 Å². The van der Waals surface area contributed by atoms with Crippen LogP contribution in [-0.4, -0.2) is 27.2 Å². The molecule has 0 saturated heterocycles. The van der Waals surface area contributed by atoms with Crippen molar-refractivity contribution in [1.29, 1.82) is 0 Å². The van der Waals surface area contributed by atoms with Crippen molar-refractivity contribution in [2.24, 2.45) is 5.92 Å². The number of ether oxygens (including phenoxy) is 2. The van der Waals surface area contributed by atoms with Gasteiger partial charge in [-0.3, -0.25) is 4.79 Å². The third-order valence-electron chi connectivity index (χ3n) is 4.94. The van der Waals surface area contributed by atoms with Crippen LogP contribution in [-0.2, 0) is 4.79 Å². The van der Waals surface area contributed by atoms with Gasteiger partial charge in [0.15, 0.2) is 11.5 Å². The van der Waals surface area contributed by atoms with Gasteiger partial charge < -0.3 is 14.4 Å². The SMILES string of the molecule is COc1ccc(N(C)C(=O)CC(c2ccccc2)C2CC2)cc1OC. The molecule has 1 unspecified atom stereocenters. The monoisotopic (exact) mass is 339 g/mol. The summed E-state index contributed by atoms with van der Waals surface area (Å²) in [6.45, 7) is 0. The second kappa shape index (κ2) is 7.60. The first-order valence-electron chi connectivity index (χ1n) is 8.67. The fourth-order valence-electron chi connectivity index (χ4n) is 3.26. The third kappa shape index (κ3) is 3.95. The number of benzene rings is 2. The summed E-state index contributed by atoms with van der Waals surface area (Å²) in [5.74, 6) is 2.34. The number of carbonyl (C=O) groups is 1. The lowest BCUT2D eigenvalue weighted by molar-refractivity contribution is -0.118. The van der Waals surface area contributed by atoms with Gasteiger partial charge in [-0.1, -0.05) is 30.3 Å². The number of rotatable bonds is 7. The van der Waals surface area contributed by atoms with Crippen molar-refractivity contribution in [3.8, 4) is 11.5 Å². The highest BCUT2D eigenvalue weighted by atomic mass is 16.5. The molecule has 3 rings (SSSR count). The second-order valence-corrected chi connectivity index (χ2v) is 6.55. The molecule has 1 atom stereocenters. The first-order chi connectivity index (χ1) is 12.1. The van der Waals surface area contributed by atoms with Crippen LogP contribution in [0.25, 0.3) is 0 Å². The normalized spacial score (nSPS) is 14.7. The Morgan fingerprint density at radius 1 is 1.08 bits per heavy atom. The minimum Gasteiger partial charge on any atom is -0.493 e. The van der Waals surface area contributed by atoms with Crippen molar-refractivity contribution >= 4 is 11.6 Å². The van der Waals surface area contributed by atoms with Gasteiger partial charge in [0.25, 0.3) is 0 Å². The Morgan fingerprint density at radius 2 is 1.76 bits per heavy atom. The minimum atomic E-state index is 0.118. The van der Waals surface area contributed by atoms with E-state index in [0.717, 1.165) is 5.69 Å². The predicted octanol–water partition coefficient (Wildman–Crippen LogP) is 4.25. The standard InChI is InChI=1S/C21H25NO3/c1-22(17-11-12-19(24-2)20(13-17)25-3)21(23)14-18(16-9-10-16)15-7-5-4-6-8-15/h4-8,11-13,16,18H,9-10,14H2,1-3H3. The molecule has 4 nitrogen and oxygen atoms in total. The van der Waals surface area contributed by atoms with Crippen LogP contribution in [0.4, 0.5) is 5.69 Å². The van der Waals surface area contributed by atoms with Gasteiger partial charge in [0.1, 0.15) is 0 Å². The fraction of sp³-hybridized carbons (Fsp3) is 0.381. The molecule has 132 valence electrons. The number of methoxy groups -OCH3 is 2. The lowest BCUT2D eigenvalue weighted by atomic mass is 9.90. The molecule has 0 aliphatic heterocycles. The van der Waals surface area contributed by atoms with Crippen molar-refractivity contribution in [3.63, 3.8) is 0 Å². The summed E-state index contributed by atoms with van der Waals surface area (Å²) in [5.41, 5.74) is 2.07. The molecule has 0 N–H and O–H groups in total. The Labute approximate surface area is 149 Å². The van der Waals surface area contributed by atoms with Crippen LogP contribution >= 0.6 is 0 Å². The maximum atomic E-state index is 12.9. The molecule has 2 aromatic rings. The quantitative estimate of drug-likeness (QED) is 0.757. The van der Waals surface area contributed by atoms with Gasteiger partial charge in [0.2, 0.25) is 5.91 Å². The van der Waals surface area contributed by atoms with Crippen LogP contribution in [0.1, 0.15) is 30.7 Å². The first kappa shape index (κ1) is 17.3. The molecule has 1 aliphatic rings. The van der Waals surface area contributed by atoms with Gasteiger partial charge in [-0.25, -0.2) is 0 Å². The summed E-state index contributed by atoms with van der Waals surface area (Å²) in [6.07, 6.45) is 2.96. The topological polar surface area (TPSA) is 38.8 Å². The van der Waals surface area contributed by atoms with Gasteiger partial charge in [0, 0.05) is 25.2 Å². The smallest absolute Gasteiger partial charge is 0.227 e. The summed E-state index contributed by atoms with van der Waals surface area (Å²) < 4.78 is 10.6. The third-order valence-corrected chi connectivity index (χ3v) is 4.94. The van der Waals surface area contributed by atoms with Crippen LogP contribution in [0.15, 0.2) is 48.5 Å². The Balaban J connectivity index is 1.75. The van der Waals surface area contributed by atoms with E-state index < -0.39 is 0 Å². The van der Waals surface area contributed by atoms with Gasteiger partial charge in [-0.15, -0.1) is 0 Å². The lowest BCUT2D eigenvalue weighted by Crippen LogP contribution is -2.28. The summed E-state index contributed by atoms with van der Waals surface area (Å²) in [5, 5.41) is 0. The fourth-order valence-corrected chi connectivity index (χ4v) is 3.26. The van der Waals surface area contributed by atoms with Crippen LogP contribution in [0, 0.1) is 5.92 Å². The van der Waals surface area contributed by atoms with E-state index in [2.05, 4.69) is 12.1 Å². The maximum Gasteiger partial charge on any atom is 0.227 e. The molecule has 1 saturated carbocycles. The number of anilines is 1. The van der Waals surface area contributed by atoms with Gasteiger partial charge in [-0.05, 0) is 42.4 Å². The zero-order valence-corrected chi connectivity index (χ0v) is 15.1. The van der Waals surface area contributed by atoms with E-state index in [4.69, 9.17) is 9.47 Å². The molecular weight excluding hydrogens is 314 g/mol. The molecule has 4 heteroatoms. The average Bonchev–Trinajstić information content (AvgIpc) is 3.50. The number of carbonyl (C=O) groups excluding carboxylic acids is 1. The molecule has 0 heterocycles. The molecule has 0 spiro atoms. The first-order valence-corrected chi connectivity index (χ1v) is 8.67. The summed E-state index contributed by atoms with van der Waals surface area (Å²) in [6, 6.07) is 15.9. The van der Waals surface area contributed by atoms with Crippen LogP contribution in [0.5, 0.6) is 11.5 Å². The van der Waals surface area contributed by atoms with Crippen molar-refractivity contribution in [2.45, 2.75) is 25.2 Å². The average molecular weight is 339 g/mol. The van der Waals surface area contributed by atoms with E-state index in [0.29, 0.717) is 29.8 Å². The highest BCUT2D eigenvalue weighted by Gasteiger charge is 2.34. The second-order valence-electron chi connectivity index (χ2n) is 6.55. The molecule has 1 aliphatic carbocycles. The van der Waals surface area contributed by atoms with E-state index in [-0.39, 0.29) is 5.91 Å². The number of nitrogens with zero attached hydrogens (tertiary/aromatic N) is 1. The Morgan fingerprint density at radius 3 is 2.36 bits per heavy atom. The van der Waals surface area contributed by atoms with Crippen molar-refractivity contribution in [2.75, 3.05) is 26.2 Å². The molecule has 0 radical (unpaired) electrons. The molecule has 0 aromatic heterocycles. The Bertz CT molecular complexity index is 725.